The summed E-state index contributed by atoms with van der Waals surface area (Å²) in [5.41, 5.74) is 1.02. The fourth-order valence-electron chi connectivity index (χ4n) is 2.90. The number of rotatable bonds is 6. The molecule has 1 N–H and O–H groups in total. The third kappa shape index (κ3) is 4.01. The van der Waals surface area contributed by atoms with Crippen LogP contribution in [-0.4, -0.2) is 22.8 Å². The second-order valence-corrected chi connectivity index (χ2v) is 7.12. The summed E-state index contributed by atoms with van der Waals surface area (Å²) in [4.78, 5) is 4.54. The molecule has 4 heteroatoms. The van der Waals surface area contributed by atoms with Crippen molar-refractivity contribution in [1.82, 2.24) is 10.3 Å². The molecule has 114 valence electrons. The molecule has 0 bridgehead atoms. The highest BCUT2D eigenvalue weighted by molar-refractivity contribution is 7.99. The van der Waals surface area contributed by atoms with Gasteiger partial charge in [-0.05, 0) is 52.0 Å². The summed E-state index contributed by atoms with van der Waals surface area (Å²) >= 11 is 1.84. The van der Waals surface area contributed by atoms with Crippen molar-refractivity contribution in [3.05, 3.63) is 11.5 Å². The van der Waals surface area contributed by atoms with Gasteiger partial charge in [-0.1, -0.05) is 32.0 Å². The molecule has 0 aromatic carbocycles. The molecule has 1 heterocycles. The van der Waals surface area contributed by atoms with Crippen LogP contribution in [0, 0.1) is 19.8 Å². The molecule has 0 saturated heterocycles. The van der Waals surface area contributed by atoms with Crippen LogP contribution in [0.25, 0.3) is 0 Å². The maximum atomic E-state index is 5.76. The summed E-state index contributed by atoms with van der Waals surface area (Å²) in [6.07, 6.45) is 6.42. The smallest absolute Gasteiger partial charge is 0.256 e. The summed E-state index contributed by atoms with van der Waals surface area (Å²) < 4.78 is 5.76. The number of thioether (sulfide) groups is 1. The maximum Gasteiger partial charge on any atom is 0.256 e. The number of aryl methyl sites for hydroxylation is 2. The second-order valence-electron chi connectivity index (χ2n) is 5.93. The number of nitrogens with one attached hydrogen (secondary N) is 1. The molecule has 0 spiro atoms. The summed E-state index contributed by atoms with van der Waals surface area (Å²) in [6, 6.07) is 0.607. The lowest BCUT2D eigenvalue weighted by Crippen LogP contribution is -2.42. The van der Waals surface area contributed by atoms with Crippen LogP contribution in [0.4, 0.5) is 0 Å². The van der Waals surface area contributed by atoms with Gasteiger partial charge in [-0.25, -0.2) is 4.98 Å². The Morgan fingerprint density at radius 1 is 1.30 bits per heavy atom. The molecule has 1 aliphatic carbocycles. The average molecular weight is 296 g/mol. The SMILES string of the molecule is CCCNC1CCC(CC)CC1Sc1nc(C)c(C)o1. The van der Waals surface area contributed by atoms with E-state index in [9.17, 15) is 0 Å². The quantitative estimate of drug-likeness (QED) is 0.848. The van der Waals surface area contributed by atoms with Gasteiger partial charge in [0.2, 0.25) is 0 Å². The van der Waals surface area contributed by atoms with Gasteiger partial charge in [0.15, 0.2) is 0 Å². The zero-order chi connectivity index (χ0) is 14.5. The molecule has 0 amide bonds. The average Bonchev–Trinajstić information content (AvgIpc) is 2.75. The van der Waals surface area contributed by atoms with E-state index in [2.05, 4.69) is 24.1 Å². The van der Waals surface area contributed by atoms with Crippen molar-refractivity contribution in [2.75, 3.05) is 6.54 Å². The van der Waals surface area contributed by atoms with Crippen molar-refractivity contribution in [3.8, 4) is 0 Å². The van der Waals surface area contributed by atoms with E-state index in [1.807, 2.05) is 25.6 Å². The van der Waals surface area contributed by atoms with Gasteiger partial charge in [-0.15, -0.1) is 0 Å². The van der Waals surface area contributed by atoms with E-state index in [1.165, 1.54) is 32.1 Å². The van der Waals surface area contributed by atoms with Crippen LogP contribution in [0.2, 0.25) is 0 Å². The summed E-state index contributed by atoms with van der Waals surface area (Å²) in [7, 11) is 0. The lowest BCUT2D eigenvalue weighted by atomic mass is 9.84. The first-order valence-corrected chi connectivity index (χ1v) is 8.86. The highest BCUT2D eigenvalue weighted by atomic mass is 32.2. The first-order chi connectivity index (χ1) is 9.63. The van der Waals surface area contributed by atoms with Gasteiger partial charge in [0.05, 0.1) is 5.69 Å². The first-order valence-electron chi connectivity index (χ1n) is 7.98. The molecule has 1 aromatic heterocycles. The van der Waals surface area contributed by atoms with Gasteiger partial charge in [-0.3, -0.25) is 0 Å². The van der Waals surface area contributed by atoms with Crippen molar-refractivity contribution in [2.45, 2.75) is 76.3 Å². The van der Waals surface area contributed by atoms with Crippen LogP contribution >= 0.6 is 11.8 Å². The van der Waals surface area contributed by atoms with E-state index in [-0.39, 0.29) is 0 Å². The van der Waals surface area contributed by atoms with Gasteiger partial charge >= 0.3 is 0 Å². The highest BCUT2D eigenvalue weighted by Crippen LogP contribution is 2.37. The van der Waals surface area contributed by atoms with E-state index in [0.717, 1.165) is 29.1 Å². The van der Waals surface area contributed by atoms with Gasteiger partial charge in [-0.2, -0.15) is 0 Å². The van der Waals surface area contributed by atoms with Crippen LogP contribution in [0.3, 0.4) is 0 Å². The largest absolute Gasteiger partial charge is 0.437 e. The lowest BCUT2D eigenvalue weighted by molar-refractivity contribution is 0.293. The molecule has 20 heavy (non-hydrogen) atoms. The number of nitrogens with zero attached hydrogens (tertiary/aromatic N) is 1. The molecule has 3 nitrogen and oxygen atoms in total. The van der Waals surface area contributed by atoms with Crippen LogP contribution in [0.15, 0.2) is 9.64 Å². The molecule has 3 unspecified atom stereocenters. The Bertz CT molecular complexity index is 399. The lowest BCUT2D eigenvalue weighted by Gasteiger charge is -2.35. The minimum Gasteiger partial charge on any atom is -0.437 e. The van der Waals surface area contributed by atoms with E-state index >= 15 is 0 Å². The predicted octanol–water partition coefficient (Wildman–Crippen LogP) is 4.33. The van der Waals surface area contributed by atoms with Gasteiger partial charge in [0, 0.05) is 11.3 Å². The van der Waals surface area contributed by atoms with Gasteiger partial charge < -0.3 is 9.73 Å². The fourth-order valence-corrected chi connectivity index (χ4v) is 4.29. The fraction of sp³-hybridized carbons (Fsp3) is 0.812. The summed E-state index contributed by atoms with van der Waals surface area (Å²) in [5.74, 6) is 1.82. The molecule has 1 aliphatic rings. The first kappa shape index (κ1) is 15.9. The Labute approximate surface area is 127 Å². The Hall–Kier alpha value is -0.480. The van der Waals surface area contributed by atoms with Gasteiger partial charge in [0.25, 0.3) is 5.22 Å². The number of oxazole rings is 1. The molecule has 2 rings (SSSR count). The molecule has 3 atom stereocenters. The number of aromatic nitrogens is 1. The molecule has 1 aromatic rings. The van der Waals surface area contributed by atoms with E-state index in [4.69, 9.17) is 4.42 Å². The van der Waals surface area contributed by atoms with Crippen molar-refractivity contribution in [1.29, 1.82) is 0 Å². The third-order valence-corrected chi connectivity index (χ3v) is 5.60. The minimum absolute atomic E-state index is 0.595. The third-order valence-electron chi connectivity index (χ3n) is 4.40. The molecular formula is C16H28N2OS. The zero-order valence-corrected chi connectivity index (χ0v) is 14.1. The summed E-state index contributed by atoms with van der Waals surface area (Å²) in [5, 5.41) is 5.16. The standard InChI is InChI=1S/C16H28N2OS/c1-5-9-17-14-8-7-13(6-2)10-15(14)20-16-18-11(3)12(4)19-16/h13-15,17H,5-10H2,1-4H3. The Morgan fingerprint density at radius 3 is 2.70 bits per heavy atom. The number of hydrogen-bond acceptors (Lipinski definition) is 4. The number of hydrogen-bond donors (Lipinski definition) is 1. The Balaban J connectivity index is 2.02. The highest BCUT2D eigenvalue weighted by Gasteiger charge is 2.31. The van der Waals surface area contributed by atoms with E-state index < -0.39 is 0 Å². The minimum atomic E-state index is 0.595. The van der Waals surface area contributed by atoms with Gasteiger partial charge in [0.1, 0.15) is 5.76 Å². The summed E-state index contributed by atoms with van der Waals surface area (Å²) in [6.45, 7) is 9.67. The molecular weight excluding hydrogens is 268 g/mol. The Morgan fingerprint density at radius 2 is 2.10 bits per heavy atom. The van der Waals surface area contributed by atoms with E-state index in [1.54, 1.807) is 0 Å². The van der Waals surface area contributed by atoms with E-state index in [0.29, 0.717) is 11.3 Å². The predicted molar refractivity (Wildman–Crippen MR) is 85.3 cm³/mol. The normalized spacial score (nSPS) is 26.9. The molecule has 0 aliphatic heterocycles. The monoisotopic (exact) mass is 296 g/mol. The van der Waals surface area contributed by atoms with Crippen LogP contribution in [-0.2, 0) is 0 Å². The van der Waals surface area contributed by atoms with Crippen LogP contribution < -0.4 is 5.32 Å². The topological polar surface area (TPSA) is 38.1 Å². The van der Waals surface area contributed by atoms with Crippen molar-refractivity contribution in [2.24, 2.45) is 5.92 Å². The Kier molecular flexibility index (Phi) is 5.97. The van der Waals surface area contributed by atoms with Crippen molar-refractivity contribution < 1.29 is 4.42 Å². The molecule has 1 fully saturated rings. The molecule has 0 radical (unpaired) electrons. The van der Waals surface area contributed by atoms with Crippen LogP contribution in [0.1, 0.15) is 57.4 Å². The molecule has 1 saturated carbocycles. The zero-order valence-electron chi connectivity index (χ0n) is 13.2. The second kappa shape index (κ2) is 7.51. The van der Waals surface area contributed by atoms with Crippen molar-refractivity contribution in [3.63, 3.8) is 0 Å². The van der Waals surface area contributed by atoms with Crippen molar-refractivity contribution >= 4 is 11.8 Å². The van der Waals surface area contributed by atoms with Crippen LogP contribution in [0.5, 0.6) is 0 Å². The maximum absolute atomic E-state index is 5.76.